The highest BCUT2D eigenvalue weighted by Gasteiger charge is 2.32. The second kappa shape index (κ2) is 9.06. The van der Waals surface area contributed by atoms with Gasteiger partial charge in [0.2, 0.25) is 0 Å². The Balaban J connectivity index is 1.42. The van der Waals surface area contributed by atoms with Crippen LogP contribution in [-0.2, 0) is 25.6 Å². The topological polar surface area (TPSA) is 149 Å². The number of aliphatic carboxylic acids is 2. The monoisotopic (exact) mass is 427 g/mol. The summed E-state index contributed by atoms with van der Waals surface area (Å²) in [5.74, 6) is -2.49. The molecular weight excluding hydrogens is 406 g/mol. The van der Waals surface area contributed by atoms with E-state index in [9.17, 15) is 9.59 Å². The van der Waals surface area contributed by atoms with Crippen molar-refractivity contribution in [2.24, 2.45) is 0 Å². The third-order valence-corrected chi connectivity index (χ3v) is 4.95. The summed E-state index contributed by atoms with van der Waals surface area (Å²) in [6.45, 7) is 0.457. The lowest BCUT2D eigenvalue weighted by Crippen LogP contribution is -2.35. The van der Waals surface area contributed by atoms with Gasteiger partial charge in [0, 0.05) is 6.54 Å². The van der Waals surface area contributed by atoms with Crippen molar-refractivity contribution in [1.82, 2.24) is 19.5 Å². The summed E-state index contributed by atoms with van der Waals surface area (Å²) >= 11 is 0. The predicted molar refractivity (Wildman–Crippen MR) is 107 cm³/mol. The average molecular weight is 427 g/mol. The number of ether oxygens (including phenoxy) is 2. The van der Waals surface area contributed by atoms with Crippen molar-refractivity contribution in [3.8, 4) is 0 Å². The molecule has 0 bridgehead atoms. The first-order chi connectivity index (χ1) is 15.0. The van der Waals surface area contributed by atoms with Gasteiger partial charge in [0.1, 0.15) is 12.6 Å². The zero-order chi connectivity index (χ0) is 21.8. The molecule has 2 aromatic heterocycles. The molecule has 11 nitrogen and oxygen atoms in total. The van der Waals surface area contributed by atoms with Crippen LogP contribution in [0.3, 0.4) is 0 Å². The molecule has 1 aliphatic heterocycles. The van der Waals surface area contributed by atoms with E-state index in [-0.39, 0.29) is 12.8 Å². The first-order valence-corrected chi connectivity index (χ1v) is 9.71. The van der Waals surface area contributed by atoms with Crippen LogP contribution in [0.25, 0.3) is 11.2 Å². The van der Waals surface area contributed by atoms with Crippen molar-refractivity contribution < 1.29 is 29.3 Å². The highest BCUT2D eigenvalue weighted by molar-refractivity contribution is 5.96. The predicted octanol–water partition coefficient (Wildman–Crippen LogP) is 1.67. The van der Waals surface area contributed by atoms with Gasteiger partial charge in [-0.1, -0.05) is 30.3 Å². The van der Waals surface area contributed by atoms with Crippen molar-refractivity contribution in [2.75, 3.05) is 11.9 Å². The molecule has 3 heterocycles. The third-order valence-electron chi connectivity index (χ3n) is 4.95. The number of carbonyl (C=O) groups is 2. The molecule has 0 saturated carbocycles. The van der Waals surface area contributed by atoms with E-state index < -0.39 is 24.1 Å². The van der Waals surface area contributed by atoms with Gasteiger partial charge in [-0.3, -0.25) is 4.57 Å². The molecule has 2 atom stereocenters. The fraction of sp³-hybridized carbons (Fsp3) is 0.350. The minimum atomic E-state index is -1.91. The molecule has 2 unspecified atom stereocenters. The first kappa shape index (κ1) is 20.7. The van der Waals surface area contributed by atoms with Crippen LogP contribution in [-0.4, -0.2) is 60.5 Å². The Hall–Kier alpha value is -3.57. The SMILES string of the molecule is O=C(O)C(OCC1CCC(n2cnc3c(NCc4ccccc4)ncnc32)O1)C(=O)O. The number of fused-ring (bicyclic) bond motifs is 1. The van der Waals surface area contributed by atoms with E-state index in [0.29, 0.717) is 36.4 Å². The molecule has 3 aromatic rings. The molecule has 0 spiro atoms. The lowest BCUT2D eigenvalue weighted by atomic mass is 10.2. The smallest absolute Gasteiger partial charge is 0.344 e. The van der Waals surface area contributed by atoms with Crippen LogP contribution >= 0.6 is 0 Å². The van der Waals surface area contributed by atoms with Crippen molar-refractivity contribution >= 4 is 28.9 Å². The number of imidazole rings is 1. The molecule has 3 N–H and O–H groups in total. The minimum absolute atomic E-state index is 0.134. The van der Waals surface area contributed by atoms with Gasteiger partial charge in [-0.15, -0.1) is 0 Å². The Morgan fingerprint density at radius 3 is 2.68 bits per heavy atom. The van der Waals surface area contributed by atoms with Gasteiger partial charge in [-0.2, -0.15) is 0 Å². The first-order valence-electron chi connectivity index (χ1n) is 9.71. The summed E-state index contributed by atoms with van der Waals surface area (Å²) in [4.78, 5) is 34.9. The fourth-order valence-corrected chi connectivity index (χ4v) is 3.44. The Bertz CT molecular complexity index is 1060. The van der Waals surface area contributed by atoms with E-state index in [1.54, 1.807) is 10.9 Å². The average Bonchev–Trinajstić information content (AvgIpc) is 3.39. The Morgan fingerprint density at radius 1 is 1.16 bits per heavy atom. The summed E-state index contributed by atoms with van der Waals surface area (Å²) in [5, 5.41) is 21.1. The molecule has 31 heavy (non-hydrogen) atoms. The van der Waals surface area contributed by atoms with Crippen LogP contribution in [0.1, 0.15) is 24.6 Å². The van der Waals surface area contributed by atoms with Crippen molar-refractivity contribution in [1.29, 1.82) is 0 Å². The van der Waals surface area contributed by atoms with Crippen LogP contribution < -0.4 is 5.32 Å². The van der Waals surface area contributed by atoms with Crippen molar-refractivity contribution in [3.05, 3.63) is 48.5 Å². The normalized spacial score (nSPS) is 18.5. The third kappa shape index (κ3) is 4.62. The van der Waals surface area contributed by atoms with E-state index in [0.717, 1.165) is 5.56 Å². The summed E-state index contributed by atoms with van der Waals surface area (Å²) in [6, 6.07) is 9.91. The lowest BCUT2D eigenvalue weighted by Gasteiger charge is -2.16. The van der Waals surface area contributed by atoms with Crippen LogP contribution in [0.5, 0.6) is 0 Å². The molecule has 11 heteroatoms. The number of benzene rings is 1. The molecule has 0 amide bonds. The van der Waals surface area contributed by atoms with Gasteiger partial charge in [0.05, 0.1) is 19.0 Å². The molecular formula is C20H21N5O6. The number of aromatic nitrogens is 4. The number of nitrogens with zero attached hydrogens (tertiary/aromatic N) is 4. The standard InChI is InChI=1S/C20H21N5O6/c26-19(27)16(20(28)29)30-9-13-6-7-14(31-13)25-11-24-15-17(22-10-23-18(15)25)21-8-12-4-2-1-3-5-12/h1-5,10-11,13-14,16H,6-9H2,(H,26,27)(H,28,29)(H,21,22,23). The maximum Gasteiger partial charge on any atom is 0.344 e. The summed E-state index contributed by atoms with van der Waals surface area (Å²) in [5.41, 5.74) is 2.32. The van der Waals surface area contributed by atoms with Crippen LogP contribution in [0.15, 0.2) is 43.0 Å². The van der Waals surface area contributed by atoms with E-state index in [2.05, 4.69) is 20.3 Å². The van der Waals surface area contributed by atoms with Gasteiger partial charge in [0.15, 0.2) is 17.0 Å². The van der Waals surface area contributed by atoms with E-state index in [4.69, 9.17) is 19.7 Å². The molecule has 1 aromatic carbocycles. The molecule has 0 radical (unpaired) electrons. The highest BCUT2D eigenvalue weighted by Crippen LogP contribution is 2.31. The number of hydrogen-bond acceptors (Lipinski definition) is 8. The molecule has 1 fully saturated rings. The lowest BCUT2D eigenvalue weighted by molar-refractivity contribution is -0.168. The summed E-state index contributed by atoms with van der Waals surface area (Å²) in [6.07, 6.45) is 1.57. The van der Waals surface area contributed by atoms with Crippen LogP contribution in [0.4, 0.5) is 5.82 Å². The van der Waals surface area contributed by atoms with E-state index >= 15 is 0 Å². The molecule has 1 saturated heterocycles. The second-order valence-electron chi connectivity index (χ2n) is 7.07. The maximum absolute atomic E-state index is 10.9. The number of carboxylic acids is 2. The van der Waals surface area contributed by atoms with Crippen LogP contribution in [0, 0.1) is 0 Å². The maximum atomic E-state index is 10.9. The van der Waals surface area contributed by atoms with Crippen molar-refractivity contribution in [2.45, 2.75) is 37.8 Å². The Kier molecular flexibility index (Phi) is 6.05. The quantitative estimate of drug-likeness (QED) is 0.431. The minimum Gasteiger partial charge on any atom is -0.479 e. The van der Waals surface area contributed by atoms with Gasteiger partial charge >= 0.3 is 11.9 Å². The fourth-order valence-electron chi connectivity index (χ4n) is 3.44. The van der Waals surface area contributed by atoms with Gasteiger partial charge < -0.3 is 25.0 Å². The van der Waals surface area contributed by atoms with Crippen LogP contribution in [0.2, 0.25) is 0 Å². The van der Waals surface area contributed by atoms with Crippen molar-refractivity contribution in [3.63, 3.8) is 0 Å². The largest absolute Gasteiger partial charge is 0.479 e. The molecule has 4 rings (SSSR count). The van der Waals surface area contributed by atoms with Gasteiger partial charge in [0.25, 0.3) is 6.10 Å². The number of anilines is 1. The molecule has 1 aliphatic rings. The number of nitrogens with one attached hydrogen (secondary N) is 1. The number of hydrogen-bond donors (Lipinski definition) is 3. The Morgan fingerprint density at radius 2 is 1.94 bits per heavy atom. The summed E-state index contributed by atoms with van der Waals surface area (Å²) in [7, 11) is 0. The zero-order valence-electron chi connectivity index (χ0n) is 16.4. The molecule has 162 valence electrons. The van der Waals surface area contributed by atoms with E-state index in [1.807, 2.05) is 30.3 Å². The number of rotatable bonds is 9. The zero-order valence-corrected chi connectivity index (χ0v) is 16.4. The van der Waals surface area contributed by atoms with Gasteiger partial charge in [-0.25, -0.2) is 24.5 Å². The molecule has 0 aliphatic carbocycles. The number of carboxylic acid groups (broad SMARTS) is 2. The summed E-state index contributed by atoms with van der Waals surface area (Å²) < 4.78 is 12.7. The highest BCUT2D eigenvalue weighted by atomic mass is 16.6. The van der Waals surface area contributed by atoms with Gasteiger partial charge in [-0.05, 0) is 18.4 Å². The van der Waals surface area contributed by atoms with E-state index in [1.165, 1.54) is 6.33 Å². The second-order valence-corrected chi connectivity index (χ2v) is 7.07. The Labute approximate surface area is 176 Å².